The highest BCUT2D eigenvalue weighted by molar-refractivity contribution is 7.92. The number of nitrogens with zero attached hydrogens (tertiary/aromatic N) is 1. The molecule has 1 heterocycles. The van der Waals surface area contributed by atoms with Crippen molar-refractivity contribution in [3.05, 3.63) is 84.4 Å². The SMILES string of the molecule is COc1ccc(NS(=O)(=O)c2cccc(C(=O)N3CCC(Nc4ccccc4)C3)c2)cc1. The second-order valence-corrected chi connectivity index (χ2v) is 9.29. The highest BCUT2D eigenvalue weighted by atomic mass is 32.2. The van der Waals surface area contributed by atoms with E-state index in [4.69, 9.17) is 4.74 Å². The maximum absolute atomic E-state index is 13.0. The molecule has 1 unspecified atom stereocenters. The van der Waals surface area contributed by atoms with Crippen LogP contribution in [-0.4, -0.2) is 45.5 Å². The molecule has 0 saturated carbocycles. The van der Waals surface area contributed by atoms with Gasteiger partial charge in [-0.15, -0.1) is 0 Å². The van der Waals surface area contributed by atoms with E-state index in [2.05, 4.69) is 10.0 Å². The number of amides is 1. The van der Waals surface area contributed by atoms with Crippen molar-refractivity contribution in [2.24, 2.45) is 0 Å². The number of para-hydroxylation sites is 1. The molecule has 3 aromatic rings. The summed E-state index contributed by atoms with van der Waals surface area (Å²) in [7, 11) is -2.29. The lowest BCUT2D eigenvalue weighted by atomic mass is 10.2. The topological polar surface area (TPSA) is 87.7 Å². The molecular formula is C24H25N3O4S. The third-order valence-corrected chi connectivity index (χ3v) is 6.73. The van der Waals surface area contributed by atoms with E-state index < -0.39 is 10.0 Å². The molecule has 1 saturated heterocycles. The number of anilines is 2. The summed E-state index contributed by atoms with van der Waals surface area (Å²) in [6.07, 6.45) is 0.831. The van der Waals surface area contributed by atoms with Crippen LogP contribution in [0.1, 0.15) is 16.8 Å². The van der Waals surface area contributed by atoms with Crippen molar-refractivity contribution >= 4 is 27.3 Å². The summed E-state index contributed by atoms with van der Waals surface area (Å²) >= 11 is 0. The number of rotatable bonds is 7. The Morgan fingerprint density at radius 3 is 2.44 bits per heavy atom. The molecule has 166 valence electrons. The van der Waals surface area contributed by atoms with Crippen molar-refractivity contribution in [1.29, 1.82) is 0 Å². The third kappa shape index (κ3) is 5.03. The summed E-state index contributed by atoms with van der Waals surface area (Å²) in [4.78, 5) is 14.8. The first-order valence-electron chi connectivity index (χ1n) is 10.3. The quantitative estimate of drug-likeness (QED) is 0.570. The summed E-state index contributed by atoms with van der Waals surface area (Å²) in [5, 5.41) is 3.44. The smallest absolute Gasteiger partial charge is 0.261 e. The van der Waals surface area contributed by atoms with Gasteiger partial charge in [0, 0.05) is 36.1 Å². The number of sulfonamides is 1. The van der Waals surface area contributed by atoms with Crippen molar-refractivity contribution in [1.82, 2.24) is 4.90 Å². The van der Waals surface area contributed by atoms with Crippen LogP contribution in [-0.2, 0) is 10.0 Å². The van der Waals surface area contributed by atoms with Crippen LogP contribution in [0.15, 0.2) is 83.8 Å². The van der Waals surface area contributed by atoms with Crippen molar-refractivity contribution in [3.63, 3.8) is 0 Å². The standard InChI is InChI=1S/C24H25N3O4S/c1-31-22-12-10-20(11-13-22)26-32(29,30)23-9-5-6-18(16-23)24(28)27-15-14-21(17-27)25-19-7-3-2-4-8-19/h2-13,16,21,25-26H,14-15,17H2,1H3. The highest BCUT2D eigenvalue weighted by Crippen LogP contribution is 2.22. The van der Waals surface area contributed by atoms with Crippen LogP contribution in [0.4, 0.5) is 11.4 Å². The first-order valence-corrected chi connectivity index (χ1v) is 11.8. The van der Waals surface area contributed by atoms with Crippen LogP contribution in [0.2, 0.25) is 0 Å². The lowest BCUT2D eigenvalue weighted by Gasteiger charge is -2.18. The van der Waals surface area contributed by atoms with E-state index in [0.29, 0.717) is 30.1 Å². The zero-order valence-electron chi connectivity index (χ0n) is 17.7. The second-order valence-electron chi connectivity index (χ2n) is 7.61. The molecule has 1 amide bonds. The van der Waals surface area contributed by atoms with Gasteiger partial charge in [-0.25, -0.2) is 8.42 Å². The largest absolute Gasteiger partial charge is 0.497 e. The Bertz CT molecular complexity index is 1180. The Morgan fingerprint density at radius 1 is 0.969 bits per heavy atom. The Balaban J connectivity index is 1.44. The predicted molar refractivity (Wildman–Crippen MR) is 125 cm³/mol. The molecule has 0 aliphatic carbocycles. The number of carbonyl (C=O) groups excluding carboxylic acids is 1. The van der Waals surface area contributed by atoms with Gasteiger partial charge in [-0.3, -0.25) is 9.52 Å². The normalized spacial score (nSPS) is 15.9. The number of likely N-dealkylation sites (tertiary alicyclic amines) is 1. The lowest BCUT2D eigenvalue weighted by Crippen LogP contribution is -2.31. The van der Waals surface area contributed by atoms with E-state index in [1.54, 1.807) is 48.4 Å². The summed E-state index contributed by atoms with van der Waals surface area (Å²) in [6, 6.07) is 22.8. The number of benzene rings is 3. The number of ether oxygens (including phenoxy) is 1. The maximum Gasteiger partial charge on any atom is 0.261 e. The maximum atomic E-state index is 13.0. The Labute approximate surface area is 188 Å². The van der Waals surface area contributed by atoms with Crippen LogP contribution < -0.4 is 14.8 Å². The van der Waals surface area contributed by atoms with Crippen molar-refractivity contribution in [2.75, 3.05) is 30.2 Å². The molecule has 0 aromatic heterocycles. The van der Waals surface area contributed by atoms with Gasteiger partial charge in [-0.2, -0.15) is 0 Å². The molecule has 32 heavy (non-hydrogen) atoms. The molecule has 0 radical (unpaired) electrons. The molecular weight excluding hydrogens is 426 g/mol. The van der Waals surface area contributed by atoms with E-state index in [9.17, 15) is 13.2 Å². The van der Waals surface area contributed by atoms with Crippen LogP contribution in [0, 0.1) is 0 Å². The molecule has 2 N–H and O–H groups in total. The van der Waals surface area contributed by atoms with Crippen LogP contribution in [0.25, 0.3) is 0 Å². The minimum absolute atomic E-state index is 0.0392. The van der Waals surface area contributed by atoms with Crippen LogP contribution in [0.5, 0.6) is 5.75 Å². The molecule has 7 nitrogen and oxygen atoms in total. The van der Waals surface area contributed by atoms with Crippen LogP contribution >= 0.6 is 0 Å². The van der Waals surface area contributed by atoms with E-state index in [1.807, 2.05) is 30.3 Å². The fraction of sp³-hybridized carbons (Fsp3) is 0.208. The molecule has 0 bridgehead atoms. The molecule has 0 spiro atoms. The van der Waals surface area contributed by atoms with E-state index in [-0.39, 0.29) is 16.8 Å². The van der Waals surface area contributed by atoms with E-state index in [1.165, 1.54) is 12.1 Å². The minimum atomic E-state index is -3.84. The van der Waals surface area contributed by atoms with Gasteiger partial charge in [0.25, 0.3) is 15.9 Å². The molecule has 8 heteroatoms. The first-order chi connectivity index (χ1) is 15.4. The molecule has 4 rings (SSSR count). The molecule has 1 aliphatic heterocycles. The van der Waals surface area contributed by atoms with Gasteiger partial charge in [0.05, 0.1) is 12.0 Å². The fourth-order valence-corrected chi connectivity index (χ4v) is 4.79. The van der Waals surface area contributed by atoms with Gasteiger partial charge >= 0.3 is 0 Å². The van der Waals surface area contributed by atoms with Crippen LogP contribution in [0.3, 0.4) is 0 Å². The Kier molecular flexibility index (Phi) is 6.32. The molecule has 1 fully saturated rings. The first kappa shape index (κ1) is 21.7. The monoisotopic (exact) mass is 451 g/mol. The van der Waals surface area contributed by atoms with Gasteiger partial charge in [0.2, 0.25) is 0 Å². The average Bonchev–Trinajstić information content (AvgIpc) is 3.28. The Morgan fingerprint density at radius 2 is 1.72 bits per heavy atom. The fourth-order valence-electron chi connectivity index (χ4n) is 3.68. The highest BCUT2D eigenvalue weighted by Gasteiger charge is 2.27. The minimum Gasteiger partial charge on any atom is -0.497 e. The zero-order chi connectivity index (χ0) is 22.6. The van der Waals surface area contributed by atoms with Crippen molar-refractivity contribution in [2.45, 2.75) is 17.4 Å². The zero-order valence-corrected chi connectivity index (χ0v) is 18.5. The average molecular weight is 452 g/mol. The van der Waals surface area contributed by atoms with Gasteiger partial charge in [-0.1, -0.05) is 24.3 Å². The predicted octanol–water partition coefficient (Wildman–Crippen LogP) is 3.82. The number of methoxy groups -OCH3 is 1. The third-order valence-electron chi connectivity index (χ3n) is 5.35. The van der Waals surface area contributed by atoms with E-state index in [0.717, 1.165) is 12.1 Å². The van der Waals surface area contributed by atoms with E-state index >= 15 is 0 Å². The van der Waals surface area contributed by atoms with Gasteiger partial charge in [0.15, 0.2) is 0 Å². The van der Waals surface area contributed by atoms with Gasteiger partial charge in [0.1, 0.15) is 5.75 Å². The summed E-state index contributed by atoms with van der Waals surface area (Å²) in [6.45, 7) is 1.18. The van der Waals surface area contributed by atoms with Crippen molar-refractivity contribution < 1.29 is 17.9 Å². The Hall–Kier alpha value is -3.52. The van der Waals surface area contributed by atoms with Gasteiger partial charge in [-0.05, 0) is 61.0 Å². The lowest BCUT2D eigenvalue weighted by molar-refractivity contribution is 0.0791. The summed E-state index contributed by atoms with van der Waals surface area (Å²) < 4.78 is 33.3. The van der Waals surface area contributed by atoms with Gasteiger partial charge < -0.3 is 15.0 Å². The number of carbonyl (C=O) groups is 1. The molecule has 1 atom stereocenters. The summed E-state index contributed by atoms with van der Waals surface area (Å²) in [5.74, 6) is 0.454. The summed E-state index contributed by atoms with van der Waals surface area (Å²) in [5.41, 5.74) is 1.78. The number of hydrogen-bond acceptors (Lipinski definition) is 5. The number of hydrogen-bond donors (Lipinski definition) is 2. The number of nitrogens with one attached hydrogen (secondary N) is 2. The second kappa shape index (κ2) is 9.32. The molecule has 1 aliphatic rings. The molecule has 3 aromatic carbocycles. The van der Waals surface area contributed by atoms with Crippen molar-refractivity contribution in [3.8, 4) is 5.75 Å².